The van der Waals surface area contributed by atoms with Gasteiger partial charge in [0.2, 0.25) is 0 Å². The number of para-hydroxylation sites is 1. The Balaban J connectivity index is 2.55. The zero-order valence-corrected chi connectivity index (χ0v) is 13.4. The minimum absolute atomic E-state index is 0.380. The number of halogens is 1. The van der Waals surface area contributed by atoms with E-state index in [-0.39, 0.29) is 0 Å². The van der Waals surface area contributed by atoms with Gasteiger partial charge in [0.05, 0.1) is 11.1 Å². The van der Waals surface area contributed by atoms with Gasteiger partial charge in [0.15, 0.2) is 0 Å². The maximum atomic E-state index is 5.93. The summed E-state index contributed by atoms with van der Waals surface area (Å²) in [6.07, 6.45) is 2.27. The van der Waals surface area contributed by atoms with Gasteiger partial charge in [-0.3, -0.25) is 0 Å². The van der Waals surface area contributed by atoms with Crippen molar-refractivity contribution in [3.63, 3.8) is 0 Å². The van der Waals surface area contributed by atoms with Gasteiger partial charge in [-0.1, -0.05) is 32.9 Å². The molecule has 0 aliphatic heterocycles. The van der Waals surface area contributed by atoms with E-state index in [1.54, 1.807) is 0 Å². The monoisotopic (exact) mass is 313 g/mol. The molecule has 3 heteroatoms. The number of rotatable bonds is 6. The molecule has 0 saturated carbocycles. The molecule has 0 aliphatic carbocycles. The van der Waals surface area contributed by atoms with E-state index in [0.717, 1.165) is 29.8 Å². The Kier molecular flexibility index (Phi) is 6.16. The van der Waals surface area contributed by atoms with Gasteiger partial charge >= 0.3 is 0 Å². The van der Waals surface area contributed by atoms with Crippen LogP contribution >= 0.6 is 15.9 Å². The van der Waals surface area contributed by atoms with Crippen LogP contribution in [0.25, 0.3) is 0 Å². The fourth-order valence-electron chi connectivity index (χ4n) is 1.82. The molecule has 0 saturated heterocycles. The lowest BCUT2D eigenvalue weighted by atomic mass is 9.91. The number of benzene rings is 1. The van der Waals surface area contributed by atoms with Crippen LogP contribution in [0.3, 0.4) is 0 Å². The molecule has 0 aromatic heterocycles. The Hall–Kier alpha value is -0.540. The number of ether oxygens (including phenoxy) is 1. The molecule has 102 valence electrons. The van der Waals surface area contributed by atoms with Gasteiger partial charge in [0.1, 0.15) is 5.75 Å². The van der Waals surface area contributed by atoms with E-state index in [0.29, 0.717) is 5.41 Å². The molecular formula is C15H24BrNO. The Bertz CT molecular complexity index is 371. The summed E-state index contributed by atoms with van der Waals surface area (Å²) in [5.41, 5.74) is 1.58. The highest BCUT2D eigenvalue weighted by molar-refractivity contribution is 9.10. The average molecular weight is 314 g/mol. The van der Waals surface area contributed by atoms with Crippen LogP contribution < -0.4 is 10.1 Å². The van der Waals surface area contributed by atoms with E-state index in [9.17, 15) is 0 Å². The first-order valence-electron chi connectivity index (χ1n) is 6.49. The molecule has 0 spiro atoms. The second-order valence-electron chi connectivity index (χ2n) is 5.77. The van der Waals surface area contributed by atoms with E-state index < -0.39 is 0 Å². The summed E-state index contributed by atoms with van der Waals surface area (Å²) < 4.78 is 6.96. The van der Waals surface area contributed by atoms with Gasteiger partial charge in [-0.2, -0.15) is 0 Å². The van der Waals surface area contributed by atoms with E-state index >= 15 is 0 Å². The van der Waals surface area contributed by atoms with Crippen molar-refractivity contribution in [1.29, 1.82) is 0 Å². The summed E-state index contributed by atoms with van der Waals surface area (Å²) in [6.45, 7) is 8.39. The summed E-state index contributed by atoms with van der Waals surface area (Å²) in [4.78, 5) is 0. The summed E-state index contributed by atoms with van der Waals surface area (Å²) in [5, 5.41) is 3.17. The molecule has 1 aromatic rings. The fraction of sp³-hybridized carbons (Fsp3) is 0.600. The van der Waals surface area contributed by atoms with Crippen molar-refractivity contribution in [3.8, 4) is 5.75 Å². The van der Waals surface area contributed by atoms with Crippen LogP contribution in [0.2, 0.25) is 0 Å². The Morgan fingerprint density at radius 1 is 1.28 bits per heavy atom. The fourth-order valence-corrected chi connectivity index (χ4v) is 2.34. The highest BCUT2D eigenvalue weighted by Gasteiger charge is 2.11. The Morgan fingerprint density at radius 2 is 2.00 bits per heavy atom. The molecule has 0 fully saturated rings. The standard InChI is InChI=1S/C15H24BrNO/c1-15(2,3)9-6-10-18-14-12(11-17-4)7-5-8-13(14)16/h5,7-8,17H,6,9-11H2,1-4H3. The van der Waals surface area contributed by atoms with Crippen LogP contribution in [-0.4, -0.2) is 13.7 Å². The maximum Gasteiger partial charge on any atom is 0.137 e. The lowest BCUT2D eigenvalue weighted by Crippen LogP contribution is -2.10. The van der Waals surface area contributed by atoms with Crippen molar-refractivity contribution in [2.24, 2.45) is 5.41 Å². The average Bonchev–Trinajstić information content (AvgIpc) is 2.26. The van der Waals surface area contributed by atoms with Gasteiger partial charge in [0, 0.05) is 12.1 Å². The lowest BCUT2D eigenvalue weighted by Gasteiger charge is -2.18. The van der Waals surface area contributed by atoms with Crippen molar-refractivity contribution in [2.45, 2.75) is 40.2 Å². The Morgan fingerprint density at radius 3 is 2.61 bits per heavy atom. The number of nitrogens with one attached hydrogen (secondary N) is 1. The third kappa shape index (κ3) is 5.40. The predicted octanol–water partition coefficient (Wildman–Crippen LogP) is 4.37. The molecule has 0 unspecified atom stereocenters. The summed E-state index contributed by atoms with van der Waals surface area (Å²) >= 11 is 3.56. The second kappa shape index (κ2) is 7.15. The predicted molar refractivity (Wildman–Crippen MR) is 81.1 cm³/mol. The topological polar surface area (TPSA) is 21.3 Å². The van der Waals surface area contributed by atoms with Crippen LogP contribution in [-0.2, 0) is 6.54 Å². The molecule has 0 aliphatic rings. The zero-order valence-electron chi connectivity index (χ0n) is 11.8. The molecule has 1 aromatic carbocycles. The third-order valence-electron chi connectivity index (χ3n) is 2.73. The smallest absolute Gasteiger partial charge is 0.137 e. The van der Waals surface area contributed by atoms with Crippen molar-refractivity contribution >= 4 is 15.9 Å². The molecule has 1 N–H and O–H groups in total. The highest BCUT2D eigenvalue weighted by Crippen LogP contribution is 2.29. The minimum Gasteiger partial charge on any atom is -0.492 e. The van der Waals surface area contributed by atoms with Gasteiger partial charge in [-0.15, -0.1) is 0 Å². The van der Waals surface area contributed by atoms with Crippen LogP contribution in [0.15, 0.2) is 22.7 Å². The van der Waals surface area contributed by atoms with E-state index in [2.05, 4.69) is 48.1 Å². The molecule has 0 atom stereocenters. The van der Waals surface area contributed by atoms with E-state index in [1.165, 1.54) is 12.0 Å². The molecular weight excluding hydrogens is 290 g/mol. The molecule has 0 bridgehead atoms. The van der Waals surface area contributed by atoms with Crippen molar-refractivity contribution < 1.29 is 4.74 Å². The second-order valence-corrected chi connectivity index (χ2v) is 6.63. The first kappa shape index (κ1) is 15.5. The maximum absolute atomic E-state index is 5.93. The molecule has 0 amide bonds. The molecule has 0 radical (unpaired) electrons. The quantitative estimate of drug-likeness (QED) is 0.787. The number of hydrogen-bond acceptors (Lipinski definition) is 2. The van der Waals surface area contributed by atoms with Gasteiger partial charge in [0.25, 0.3) is 0 Å². The normalized spacial score (nSPS) is 11.6. The van der Waals surface area contributed by atoms with Gasteiger partial charge in [-0.05, 0) is 47.3 Å². The highest BCUT2D eigenvalue weighted by atomic mass is 79.9. The van der Waals surface area contributed by atoms with Crippen molar-refractivity contribution in [1.82, 2.24) is 5.32 Å². The molecule has 18 heavy (non-hydrogen) atoms. The van der Waals surface area contributed by atoms with Crippen molar-refractivity contribution in [3.05, 3.63) is 28.2 Å². The van der Waals surface area contributed by atoms with Crippen LogP contribution in [0.4, 0.5) is 0 Å². The molecule has 1 rings (SSSR count). The minimum atomic E-state index is 0.380. The number of hydrogen-bond donors (Lipinski definition) is 1. The van der Waals surface area contributed by atoms with Crippen LogP contribution in [0.1, 0.15) is 39.2 Å². The first-order valence-corrected chi connectivity index (χ1v) is 7.28. The van der Waals surface area contributed by atoms with E-state index in [1.807, 2.05) is 19.2 Å². The van der Waals surface area contributed by atoms with Crippen LogP contribution in [0, 0.1) is 5.41 Å². The first-order chi connectivity index (χ1) is 8.44. The summed E-state index contributed by atoms with van der Waals surface area (Å²) in [6, 6.07) is 6.16. The summed E-state index contributed by atoms with van der Waals surface area (Å²) in [7, 11) is 1.95. The van der Waals surface area contributed by atoms with Crippen LogP contribution in [0.5, 0.6) is 5.75 Å². The zero-order chi connectivity index (χ0) is 13.6. The summed E-state index contributed by atoms with van der Waals surface area (Å²) in [5.74, 6) is 0.973. The Labute approximate surface area is 119 Å². The molecule has 2 nitrogen and oxygen atoms in total. The van der Waals surface area contributed by atoms with E-state index in [4.69, 9.17) is 4.74 Å². The van der Waals surface area contributed by atoms with Gasteiger partial charge < -0.3 is 10.1 Å². The third-order valence-corrected chi connectivity index (χ3v) is 3.36. The van der Waals surface area contributed by atoms with Crippen molar-refractivity contribution in [2.75, 3.05) is 13.7 Å². The molecule has 0 heterocycles. The largest absolute Gasteiger partial charge is 0.492 e. The lowest BCUT2D eigenvalue weighted by molar-refractivity contribution is 0.266. The van der Waals surface area contributed by atoms with Gasteiger partial charge in [-0.25, -0.2) is 0 Å². The SMILES string of the molecule is CNCc1cccc(Br)c1OCCCC(C)(C)C.